The van der Waals surface area contributed by atoms with Crippen LogP contribution in [0.15, 0.2) is 54.6 Å². The van der Waals surface area contributed by atoms with Crippen molar-refractivity contribution in [2.24, 2.45) is 0 Å². The number of halogens is 2. The van der Waals surface area contributed by atoms with Crippen LogP contribution in [0.2, 0.25) is 0 Å². The van der Waals surface area contributed by atoms with Gasteiger partial charge < -0.3 is 14.0 Å². The first-order valence-corrected chi connectivity index (χ1v) is 10.7. The SMILES string of the molecule is CCOC(=O)Cc1c(C(=O)OCC)n(Cc2cccc3ccc(F)cc23)c2ccc(F)cc12. The summed E-state index contributed by atoms with van der Waals surface area (Å²) in [5.41, 5.74) is 1.82. The Hall–Kier alpha value is -3.74. The Morgan fingerprint density at radius 1 is 0.879 bits per heavy atom. The minimum Gasteiger partial charge on any atom is -0.466 e. The molecule has 0 aliphatic rings. The zero-order valence-corrected chi connectivity index (χ0v) is 18.4. The quantitative estimate of drug-likeness (QED) is 0.353. The molecule has 170 valence electrons. The predicted octanol–water partition coefficient (Wildman–Crippen LogP) is 5.40. The third-order valence-electron chi connectivity index (χ3n) is 5.49. The molecule has 4 aromatic rings. The lowest BCUT2D eigenvalue weighted by atomic mass is 10.0. The van der Waals surface area contributed by atoms with Crippen LogP contribution in [0.1, 0.15) is 35.5 Å². The smallest absolute Gasteiger partial charge is 0.355 e. The molecule has 3 aromatic carbocycles. The van der Waals surface area contributed by atoms with Gasteiger partial charge in [0.1, 0.15) is 17.3 Å². The number of benzene rings is 3. The Kier molecular flexibility index (Phi) is 6.40. The zero-order valence-electron chi connectivity index (χ0n) is 18.4. The highest BCUT2D eigenvalue weighted by Crippen LogP contribution is 2.31. The molecule has 5 nitrogen and oxygen atoms in total. The number of aromatic nitrogens is 1. The summed E-state index contributed by atoms with van der Waals surface area (Å²) >= 11 is 0. The predicted molar refractivity (Wildman–Crippen MR) is 121 cm³/mol. The van der Waals surface area contributed by atoms with Crippen molar-refractivity contribution in [3.8, 4) is 0 Å². The fourth-order valence-corrected chi connectivity index (χ4v) is 4.15. The van der Waals surface area contributed by atoms with Gasteiger partial charge in [-0.1, -0.05) is 24.3 Å². The lowest BCUT2D eigenvalue weighted by Gasteiger charge is -2.13. The van der Waals surface area contributed by atoms with Gasteiger partial charge in [-0.3, -0.25) is 4.79 Å². The van der Waals surface area contributed by atoms with E-state index in [1.807, 2.05) is 18.2 Å². The van der Waals surface area contributed by atoms with Crippen molar-refractivity contribution in [3.05, 3.63) is 83.1 Å². The van der Waals surface area contributed by atoms with Crippen LogP contribution >= 0.6 is 0 Å². The van der Waals surface area contributed by atoms with E-state index in [0.29, 0.717) is 21.9 Å². The molecular weight excluding hydrogens is 428 g/mol. The van der Waals surface area contributed by atoms with E-state index in [0.717, 1.165) is 10.9 Å². The molecule has 0 fully saturated rings. The second-order valence-electron chi connectivity index (χ2n) is 7.56. The van der Waals surface area contributed by atoms with Gasteiger partial charge in [0, 0.05) is 23.0 Å². The Bertz CT molecular complexity index is 1360. The van der Waals surface area contributed by atoms with Crippen LogP contribution in [-0.4, -0.2) is 29.7 Å². The summed E-state index contributed by atoms with van der Waals surface area (Å²) in [7, 11) is 0. The van der Waals surface area contributed by atoms with E-state index in [9.17, 15) is 18.4 Å². The standard InChI is InChI=1S/C26H23F2NO4/c1-3-32-24(30)14-22-21-13-19(28)10-11-23(21)29(25(22)26(31)33-4-2)15-17-7-5-6-16-8-9-18(27)12-20(16)17/h5-13H,3-4,14-15H2,1-2H3. The van der Waals surface area contributed by atoms with E-state index in [1.54, 1.807) is 30.5 Å². The third kappa shape index (κ3) is 4.44. The summed E-state index contributed by atoms with van der Waals surface area (Å²) in [4.78, 5) is 25.4. The molecular formula is C26H23F2NO4. The zero-order chi connectivity index (χ0) is 23.5. The minimum absolute atomic E-state index is 0.132. The molecule has 1 heterocycles. The largest absolute Gasteiger partial charge is 0.466 e. The van der Waals surface area contributed by atoms with Gasteiger partial charge in [0.05, 0.1) is 19.6 Å². The van der Waals surface area contributed by atoms with Gasteiger partial charge in [0.15, 0.2) is 0 Å². The number of fused-ring (bicyclic) bond motifs is 2. The van der Waals surface area contributed by atoms with Gasteiger partial charge in [-0.25, -0.2) is 13.6 Å². The number of hydrogen-bond donors (Lipinski definition) is 0. The Balaban J connectivity index is 1.95. The van der Waals surface area contributed by atoms with E-state index in [1.165, 1.54) is 24.3 Å². The summed E-state index contributed by atoms with van der Waals surface area (Å²) in [5, 5.41) is 1.97. The topological polar surface area (TPSA) is 57.5 Å². The van der Waals surface area contributed by atoms with Crippen molar-refractivity contribution in [1.82, 2.24) is 4.57 Å². The van der Waals surface area contributed by atoms with Crippen LogP contribution in [0.25, 0.3) is 21.7 Å². The number of carbonyl (C=O) groups is 2. The second-order valence-corrected chi connectivity index (χ2v) is 7.56. The molecule has 0 aliphatic carbocycles. The lowest BCUT2D eigenvalue weighted by Crippen LogP contribution is -2.17. The van der Waals surface area contributed by atoms with Crippen LogP contribution in [-0.2, 0) is 27.2 Å². The van der Waals surface area contributed by atoms with E-state index < -0.39 is 17.8 Å². The molecule has 1 aromatic heterocycles. The maximum absolute atomic E-state index is 14.2. The van der Waals surface area contributed by atoms with E-state index >= 15 is 0 Å². The molecule has 33 heavy (non-hydrogen) atoms. The molecule has 0 spiro atoms. The van der Waals surface area contributed by atoms with Gasteiger partial charge in [-0.05, 0) is 60.5 Å². The van der Waals surface area contributed by atoms with Crippen molar-refractivity contribution in [2.75, 3.05) is 13.2 Å². The van der Waals surface area contributed by atoms with Gasteiger partial charge in [0.2, 0.25) is 0 Å². The van der Waals surface area contributed by atoms with Crippen molar-refractivity contribution in [1.29, 1.82) is 0 Å². The first kappa shape index (κ1) is 22.5. The molecule has 7 heteroatoms. The monoisotopic (exact) mass is 451 g/mol. The molecule has 0 bridgehead atoms. The average Bonchev–Trinajstić information content (AvgIpc) is 3.06. The summed E-state index contributed by atoms with van der Waals surface area (Å²) in [6, 6.07) is 14.3. The Labute approximate surface area is 189 Å². The number of ether oxygens (including phenoxy) is 2. The number of nitrogens with zero attached hydrogens (tertiary/aromatic N) is 1. The van der Waals surface area contributed by atoms with Crippen molar-refractivity contribution >= 4 is 33.6 Å². The molecule has 0 unspecified atom stereocenters. The first-order chi connectivity index (χ1) is 15.9. The normalized spacial score (nSPS) is 11.2. The van der Waals surface area contributed by atoms with Crippen molar-refractivity contribution in [3.63, 3.8) is 0 Å². The average molecular weight is 451 g/mol. The third-order valence-corrected chi connectivity index (χ3v) is 5.49. The molecule has 0 atom stereocenters. The van der Waals surface area contributed by atoms with Gasteiger partial charge in [-0.15, -0.1) is 0 Å². The number of esters is 2. The summed E-state index contributed by atoms with van der Waals surface area (Å²) in [5.74, 6) is -2.02. The molecule has 0 saturated carbocycles. The highest BCUT2D eigenvalue weighted by molar-refractivity contribution is 6.01. The van der Waals surface area contributed by atoms with Crippen LogP contribution in [0, 0.1) is 11.6 Å². The molecule has 0 aliphatic heterocycles. The summed E-state index contributed by atoms with van der Waals surface area (Å²) < 4.78 is 40.3. The fraction of sp³-hybridized carbons (Fsp3) is 0.231. The molecule has 0 saturated heterocycles. The molecule has 0 amide bonds. The summed E-state index contributed by atoms with van der Waals surface area (Å²) in [6.07, 6.45) is -0.209. The van der Waals surface area contributed by atoms with Crippen LogP contribution in [0.3, 0.4) is 0 Å². The minimum atomic E-state index is -0.625. The van der Waals surface area contributed by atoms with Crippen LogP contribution in [0.4, 0.5) is 8.78 Å². The van der Waals surface area contributed by atoms with Crippen molar-refractivity contribution < 1.29 is 27.8 Å². The van der Waals surface area contributed by atoms with E-state index in [4.69, 9.17) is 9.47 Å². The molecule has 4 rings (SSSR count). The number of carbonyl (C=O) groups excluding carboxylic acids is 2. The lowest BCUT2D eigenvalue weighted by molar-refractivity contribution is -0.142. The van der Waals surface area contributed by atoms with E-state index in [-0.39, 0.29) is 37.7 Å². The molecule has 0 N–H and O–H groups in total. The van der Waals surface area contributed by atoms with Crippen LogP contribution < -0.4 is 0 Å². The maximum atomic E-state index is 14.2. The second kappa shape index (κ2) is 9.40. The Morgan fingerprint density at radius 2 is 1.58 bits per heavy atom. The highest BCUT2D eigenvalue weighted by atomic mass is 19.1. The van der Waals surface area contributed by atoms with Crippen LogP contribution in [0.5, 0.6) is 0 Å². The summed E-state index contributed by atoms with van der Waals surface area (Å²) in [6.45, 7) is 3.88. The first-order valence-electron chi connectivity index (χ1n) is 10.7. The number of rotatable bonds is 7. The highest BCUT2D eigenvalue weighted by Gasteiger charge is 2.26. The fourth-order valence-electron chi connectivity index (χ4n) is 4.15. The van der Waals surface area contributed by atoms with E-state index in [2.05, 4.69) is 0 Å². The number of hydrogen-bond acceptors (Lipinski definition) is 4. The molecule has 0 radical (unpaired) electrons. The van der Waals surface area contributed by atoms with Gasteiger partial charge >= 0.3 is 11.9 Å². The van der Waals surface area contributed by atoms with Crippen molar-refractivity contribution in [2.45, 2.75) is 26.8 Å². The van der Waals surface area contributed by atoms with Gasteiger partial charge in [-0.2, -0.15) is 0 Å². The van der Waals surface area contributed by atoms with Gasteiger partial charge in [0.25, 0.3) is 0 Å². The maximum Gasteiger partial charge on any atom is 0.355 e. The Morgan fingerprint density at radius 3 is 2.30 bits per heavy atom.